The van der Waals surface area contributed by atoms with Gasteiger partial charge in [0.05, 0.1) is 9.35 Å². The number of H-pyrrole nitrogens is 1. The molecule has 0 radical (unpaired) electrons. The van der Waals surface area contributed by atoms with E-state index >= 15 is 0 Å². The molecule has 2 aromatic heterocycles. The minimum absolute atomic E-state index is 0.173. The topological polar surface area (TPSA) is 111 Å². The second-order valence-corrected chi connectivity index (χ2v) is 11.1. The molecule has 0 spiro atoms. The molecule has 1 aromatic carbocycles. The Labute approximate surface area is 179 Å². The molecule has 8 nitrogen and oxygen atoms in total. The number of amides is 2. The zero-order valence-electron chi connectivity index (χ0n) is 15.0. The summed E-state index contributed by atoms with van der Waals surface area (Å²) in [4.78, 5) is 28.1. The lowest BCUT2D eigenvalue weighted by Crippen LogP contribution is -2.51. The molecule has 3 N–H and O–H groups in total. The number of fused-ring (bicyclic) bond motifs is 1. The van der Waals surface area contributed by atoms with Crippen molar-refractivity contribution in [3.05, 3.63) is 51.9 Å². The van der Waals surface area contributed by atoms with Gasteiger partial charge in [-0.25, -0.2) is 8.42 Å². The van der Waals surface area contributed by atoms with Crippen LogP contribution in [-0.2, 0) is 14.8 Å². The van der Waals surface area contributed by atoms with Crippen LogP contribution in [0, 0.1) is 0 Å². The van der Waals surface area contributed by atoms with Crippen molar-refractivity contribution in [3.8, 4) is 0 Å². The Balaban J connectivity index is 1.46. The highest BCUT2D eigenvalue weighted by molar-refractivity contribution is 9.11. The first kappa shape index (κ1) is 20.1. The number of sulfonamides is 1. The molecule has 2 amide bonds. The number of carbonyl (C=O) groups excluding carboxylic acids is 2. The van der Waals surface area contributed by atoms with Gasteiger partial charge in [0.25, 0.3) is 21.8 Å². The van der Waals surface area contributed by atoms with Crippen LogP contribution in [-0.4, -0.2) is 42.1 Å². The fourth-order valence-corrected chi connectivity index (χ4v) is 7.17. The van der Waals surface area contributed by atoms with Crippen LogP contribution < -0.4 is 10.9 Å². The predicted octanol–water partition coefficient (Wildman–Crippen LogP) is 2.61. The van der Waals surface area contributed by atoms with Crippen molar-refractivity contribution in [2.75, 3.05) is 6.54 Å². The van der Waals surface area contributed by atoms with Crippen LogP contribution in [0.2, 0.25) is 0 Å². The molecule has 3 aromatic rings. The van der Waals surface area contributed by atoms with Gasteiger partial charge in [0, 0.05) is 23.6 Å². The summed E-state index contributed by atoms with van der Waals surface area (Å²) in [7, 11) is -3.78. The van der Waals surface area contributed by atoms with E-state index in [4.69, 9.17) is 0 Å². The number of aromatic amines is 1. The van der Waals surface area contributed by atoms with E-state index in [2.05, 4.69) is 31.8 Å². The van der Waals surface area contributed by atoms with Gasteiger partial charge in [0.1, 0.15) is 10.3 Å². The molecule has 152 valence electrons. The van der Waals surface area contributed by atoms with E-state index in [1.807, 2.05) is 18.2 Å². The summed E-state index contributed by atoms with van der Waals surface area (Å²) in [6.07, 6.45) is 2.52. The van der Waals surface area contributed by atoms with Crippen LogP contribution in [0.5, 0.6) is 0 Å². The van der Waals surface area contributed by atoms with Crippen LogP contribution in [0.4, 0.5) is 0 Å². The number of benzene rings is 1. The second kappa shape index (κ2) is 7.90. The van der Waals surface area contributed by atoms with Crippen molar-refractivity contribution < 1.29 is 18.0 Å². The molecule has 4 rings (SSSR count). The Bertz CT molecular complexity index is 1190. The molecule has 29 heavy (non-hydrogen) atoms. The van der Waals surface area contributed by atoms with Gasteiger partial charge in [-0.15, -0.1) is 11.3 Å². The van der Waals surface area contributed by atoms with Gasteiger partial charge in [-0.05, 0) is 47.0 Å². The fraction of sp³-hybridized carbons (Fsp3) is 0.222. The predicted molar refractivity (Wildman–Crippen MR) is 113 cm³/mol. The normalized spacial score (nSPS) is 17.5. The maximum Gasteiger partial charge on any atom is 0.271 e. The SMILES string of the molecule is O=C(NNC(=O)C1CCCN1S(=O)(=O)c1ccc(Br)s1)c1c[nH]c2ccccc12. The highest BCUT2D eigenvalue weighted by atomic mass is 79.9. The molecule has 0 saturated carbocycles. The van der Waals surface area contributed by atoms with Gasteiger partial charge in [0.2, 0.25) is 0 Å². The lowest BCUT2D eigenvalue weighted by atomic mass is 10.2. The minimum Gasteiger partial charge on any atom is -0.360 e. The number of nitrogens with zero attached hydrogens (tertiary/aromatic N) is 1. The summed E-state index contributed by atoms with van der Waals surface area (Å²) >= 11 is 4.36. The fourth-order valence-electron chi connectivity index (χ4n) is 3.37. The van der Waals surface area contributed by atoms with E-state index < -0.39 is 27.9 Å². The molecule has 11 heteroatoms. The minimum atomic E-state index is -3.78. The zero-order valence-corrected chi connectivity index (χ0v) is 18.2. The molecule has 1 aliphatic heterocycles. The van der Waals surface area contributed by atoms with Gasteiger partial charge in [-0.3, -0.25) is 20.4 Å². The maximum absolute atomic E-state index is 12.9. The van der Waals surface area contributed by atoms with Crippen molar-refractivity contribution in [3.63, 3.8) is 0 Å². The van der Waals surface area contributed by atoms with Gasteiger partial charge in [0.15, 0.2) is 0 Å². The number of rotatable bonds is 4. The lowest BCUT2D eigenvalue weighted by molar-refractivity contribution is -0.125. The number of halogens is 1. The van der Waals surface area contributed by atoms with Crippen LogP contribution in [0.3, 0.4) is 0 Å². The summed E-state index contributed by atoms with van der Waals surface area (Å²) in [5, 5.41) is 0.729. The largest absolute Gasteiger partial charge is 0.360 e. The van der Waals surface area contributed by atoms with E-state index in [0.717, 1.165) is 22.2 Å². The number of hydrogen-bond donors (Lipinski definition) is 3. The standard InChI is InChI=1S/C18H17BrN4O4S2/c19-15-7-8-16(28-15)29(26,27)23-9-3-6-14(23)18(25)22-21-17(24)12-10-20-13-5-2-1-4-11(12)13/h1-2,4-5,7-8,10,14,20H,3,6,9H2,(H,21,24)(H,22,25). The Morgan fingerprint density at radius 2 is 1.97 bits per heavy atom. The monoisotopic (exact) mass is 496 g/mol. The van der Waals surface area contributed by atoms with Gasteiger partial charge < -0.3 is 4.98 Å². The summed E-state index contributed by atoms with van der Waals surface area (Å²) in [6, 6.07) is 9.60. The van der Waals surface area contributed by atoms with E-state index in [1.54, 1.807) is 18.3 Å². The smallest absolute Gasteiger partial charge is 0.271 e. The van der Waals surface area contributed by atoms with Crippen molar-refractivity contribution in [2.45, 2.75) is 23.1 Å². The van der Waals surface area contributed by atoms with Crippen molar-refractivity contribution in [2.24, 2.45) is 0 Å². The first-order valence-corrected chi connectivity index (χ1v) is 11.9. The van der Waals surface area contributed by atoms with E-state index in [-0.39, 0.29) is 10.8 Å². The molecular weight excluding hydrogens is 480 g/mol. The molecule has 1 unspecified atom stereocenters. The number of carbonyl (C=O) groups is 2. The Kier molecular flexibility index (Phi) is 5.47. The van der Waals surface area contributed by atoms with E-state index in [1.165, 1.54) is 10.4 Å². The van der Waals surface area contributed by atoms with Gasteiger partial charge in [-0.2, -0.15) is 4.31 Å². The van der Waals surface area contributed by atoms with Gasteiger partial charge in [-0.1, -0.05) is 18.2 Å². The average molecular weight is 497 g/mol. The third kappa shape index (κ3) is 3.82. The highest BCUT2D eigenvalue weighted by Crippen LogP contribution is 2.32. The molecule has 1 aliphatic rings. The average Bonchev–Trinajstić information content (AvgIpc) is 3.44. The summed E-state index contributed by atoms with van der Waals surface area (Å²) in [5.41, 5.74) is 5.95. The summed E-state index contributed by atoms with van der Waals surface area (Å²) < 4.78 is 27.8. The van der Waals surface area contributed by atoms with Crippen LogP contribution in [0.1, 0.15) is 23.2 Å². The molecule has 1 atom stereocenters. The third-order valence-electron chi connectivity index (χ3n) is 4.75. The van der Waals surface area contributed by atoms with Gasteiger partial charge >= 0.3 is 0 Å². The third-order valence-corrected chi connectivity index (χ3v) is 8.75. The summed E-state index contributed by atoms with van der Waals surface area (Å²) in [5.74, 6) is -1.04. The molecule has 0 bridgehead atoms. The summed E-state index contributed by atoms with van der Waals surface area (Å²) in [6.45, 7) is 0.256. The molecule has 1 fully saturated rings. The number of nitrogens with one attached hydrogen (secondary N) is 3. The maximum atomic E-state index is 12.9. The zero-order chi connectivity index (χ0) is 20.6. The van der Waals surface area contributed by atoms with Crippen molar-refractivity contribution in [1.29, 1.82) is 0 Å². The van der Waals surface area contributed by atoms with Crippen LogP contribution >= 0.6 is 27.3 Å². The molecular formula is C18H17BrN4O4S2. The highest BCUT2D eigenvalue weighted by Gasteiger charge is 2.40. The molecule has 1 saturated heterocycles. The lowest BCUT2D eigenvalue weighted by Gasteiger charge is -2.22. The number of hydrazine groups is 1. The number of aromatic nitrogens is 1. The number of thiophene rings is 1. The van der Waals surface area contributed by atoms with E-state index in [9.17, 15) is 18.0 Å². The second-order valence-electron chi connectivity index (χ2n) is 6.52. The van der Waals surface area contributed by atoms with Crippen LogP contribution in [0.15, 0.2) is 50.6 Å². The molecule has 3 heterocycles. The number of hydrogen-bond acceptors (Lipinski definition) is 5. The Hall–Kier alpha value is -2.21. The van der Waals surface area contributed by atoms with Crippen molar-refractivity contribution >= 4 is 60.0 Å². The van der Waals surface area contributed by atoms with Crippen LogP contribution in [0.25, 0.3) is 10.9 Å². The first-order valence-electron chi connectivity index (χ1n) is 8.81. The first-order chi connectivity index (χ1) is 13.9. The number of para-hydroxylation sites is 1. The molecule has 0 aliphatic carbocycles. The van der Waals surface area contributed by atoms with E-state index in [0.29, 0.717) is 22.2 Å². The Morgan fingerprint density at radius 3 is 2.72 bits per heavy atom. The Morgan fingerprint density at radius 1 is 1.17 bits per heavy atom. The quantitative estimate of drug-likeness (QED) is 0.482. The van der Waals surface area contributed by atoms with Crippen molar-refractivity contribution in [1.82, 2.24) is 20.1 Å².